The predicted molar refractivity (Wildman–Crippen MR) is 83.1 cm³/mol. The van der Waals surface area contributed by atoms with Crippen molar-refractivity contribution in [3.8, 4) is 0 Å². The van der Waals surface area contributed by atoms with E-state index in [4.69, 9.17) is 4.74 Å². The molecule has 0 radical (unpaired) electrons. The van der Waals surface area contributed by atoms with Gasteiger partial charge in [0.25, 0.3) is 0 Å². The summed E-state index contributed by atoms with van der Waals surface area (Å²) in [5, 5.41) is 0. The van der Waals surface area contributed by atoms with E-state index in [9.17, 15) is 4.79 Å². The number of aliphatic imine (C=N–C) groups is 1. The zero-order valence-corrected chi connectivity index (χ0v) is 11.7. The van der Waals surface area contributed by atoms with Crippen LogP contribution in [0, 0.1) is 0 Å². The maximum absolute atomic E-state index is 12.4. The van der Waals surface area contributed by atoms with E-state index in [0.717, 1.165) is 17.0 Å². The van der Waals surface area contributed by atoms with Crippen LogP contribution in [-0.4, -0.2) is 18.1 Å². The fourth-order valence-electron chi connectivity index (χ4n) is 2.30. The fourth-order valence-corrected chi connectivity index (χ4v) is 2.30. The van der Waals surface area contributed by atoms with Crippen LogP contribution >= 0.6 is 0 Å². The van der Waals surface area contributed by atoms with Crippen LogP contribution in [0.1, 0.15) is 22.8 Å². The van der Waals surface area contributed by atoms with Gasteiger partial charge in [0.15, 0.2) is 5.76 Å². The molecular weight excluding hydrogens is 262 g/mol. The lowest BCUT2D eigenvalue weighted by molar-refractivity contribution is 0.0925. The molecule has 0 heterocycles. The molecule has 3 nitrogen and oxygen atoms in total. The Balaban J connectivity index is 2.13. The molecule has 0 fully saturated rings. The van der Waals surface area contributed by atoms with Gasteiger partial charge in [-0.2, -0.15) is 0 Å². The molecule has 0 aromatic heterocycles. The molecule has 2 aromatic carbocycles. The van der Waals surface area contributed by atoms with Crippen molar-refractivity contribution >= 4 is 17.2 Å². The Morgan fingerprint density at radius 2 is 1.62 bits per heavy atom. The number of hydrogen-bond donors (Lipinski definition) is 0. The number of rotatable bonds is 3. The summed E-state index contributed by atoms with van der Waals surface area (Å²) in [5.74, 6) is 0.269. The first-order valence-corrected chi connectivity index (χ1v) is 6.92. The van der Waals surface area contributed by atoms with Gasteiger partial charge in [0.2, 0.25) is 5.78 Å². The average Bonchev–Trinajstić information content (AvgIpc) is 2.53. The minimum Gasteiger partial charge on any atom is -0.490 e. The van der Waals surface area contributed by atoms with Crippen molar-refractivity contribution in [1.29, 1.82) is 0 Å². The Kier molecular flexibility index (Phi) is 3.65. The molecule has 0 unspecified atom stereocenters. The Morgan fingerprint density at radius 3 is 2.33 bits per heavy atom. The van der Waals surface area contributed by atoms with E-state index in [-0.39, 0.29) is 5.78 Å². The zero-order chi connectivity index (χ0) is 14.7. The van der Waals surface area contributed by atoms with Crippen molar-refractivity contribution < 1.29 is 9.53 Å². The van der Waals surface area contributed by atoms with E-state index in [1.54, 1.807) is 6.08 Å². The Hall–Kier alpha value is -2.68. The third-order valence-corrected chi connectivity index (χ3v) is 3.24. The van der Waals surface area contributed by atoms with E-state index in [1.807, 2.05) is 61.5 Å². The number of carbonyl (C=O) groups excluding carboxylic acids is 1. The topological polar surface area (TPSA) is 38.7 Å². The van der Waals surface area contributed by atoms with E-state index >= 15 is 0 Å². The molecule has 1 aliphatic carbocycles. The SMILES string of the molecule is CCOC1=CC(=Nc2ccccc2)c2ccccc2C1=O. The molecule has 1 aliphatic rings. The van der Waals surface area contributed by atoms with Gasteiger partial charge < -0.3 is 4.74 Å². The standard InChI is InChI=1S/C18H15NO2/c1-2-21-17-12-16(19-13-8-4-3-5-9-13)14-10-6-7-11-15(14)18(17)20/h3-12H,2H2,1H3. The van der Waals surface area contributed by atoms with Gasteiger partial charge in [0, 0.05) is 17.2 Å². The van der Waals surface area contributed by atoms with Crippen LogP contribution in [-0.2, 0) is 4.74 Å². The van der Waals surface area contributed by atoms with Crippen LogP contribution in [0.3, 0.4) is 0 Å². The van der Waals surface area contributed by atoms with E-state index in [1.165, 1.54) is 0 Å². The number of carbonyl (C=O) groups is 1. The summed E-state index contributed by atoms with van der Waals surface area (Å²) in [5.41, 5.74) is 3.08. The summed E-state index contributed by atoms with van der Waals surface area (Å²) in [6.45, 7) is 2.32. The Bertz CT molecular complexity index is 730. The number of para-hydroxylation sites is 1. The van der Waals surface area contributed by atoms with Gasteiger partial charge in [-0.1, -0.05) is 42.5 Å². The molecule has 0 aliphatic heterocycles. The molecule has 0 saturated heterocycles. The van der Waals surface area contributed by atoms with Crippen LogP contribution < -0.4 is 0 Å². The summed E-state index contributed by atoms with van der Waals surface area (Å²) in [6.07, 6.45) is 1.72. The summed E-state index contributed by atoms with van der Waals surface area (Å²) in [7, 11) is 0. The normalized spacial score (nSPS) is 15.6. The Morgan fingerprint density at radius 1 is 0.952 bits per heavy atom. The third kappa shape index (κ3) is 2.63. The average molecular weight is 277 g/mol. The summed E-state index contributed by atoms with van der Waals surface area (Å²) in [6, 6.07) is 17.2. The molecule has 0 N–H and O–H groups in total. The molecule has 0 atom stereocenters. The van der Waals surface area contributed by atoms with Gasteiger partial charge in [-0.15, -0.1) is 0 Å². The first-order valence-electron chi connectivity index (χ1n) is 6.92. The van der Waals surface area contributed by atoms with Crippen LogP contribution in [0.25, 0.3) is 0 Å². The largest absolute Gasteiger partial charge is 0.490 e. The number of Topliss-reactive ketones (excluding diaryl/α,β-unsaturated/α-hetero) is 1. The van der Waals surface area contributed by atoms with E-state index in [2.05, 4.69) is 4.99 Å². The molecule has 104 valence electrons. The van der Waals surface area contributed by atoms with Crippen molar-refractivity contribution in [3.05, 3.63) is 77.6 Å². The van der Waals surface area contributed by atoms with E-state index < -0.39 is 0 Å². The second kappa shape index (κ2) is 5.75. The fraction of sp³-hybridized carbons (Fsp3) is 0.111. The van der Waals surface area contributed by atoms with Gasteiger partial charge in [-0.3, -0.25) is 4.79 Å². The highest BCUT2D eigenvalue weighted by molar-refractivity contribution is 6.25. The molecule has 0 amide bonds. The number of ketones is 1. The summed E-state index contributed by atoms with van der Waals surface area (Å²) >= 11 is 0. The lowest BCUT2D eigenvalue weighted by Gasteiger charge is -2.17. The first kappa shape index (κ1) is 13.3. The van der Waals surface area contributed by atoms with Crippen LogP contribution in [0.2, 0.25) is 0 Å². The molecule has 0 bridgehead atoms. The second-order valence-electron chi connectivity index (χ2n) is 4.65. The van der Waals surface area contributed by atoms with Gasteiger partial charge in [-0.25, -0.2) is 4.99 Å². The van der Waals surface area contributed by atoms with Crippen molar-refractivity contribution in [2.24, 2.45) is 4.99 Å². The smallest absolute Gasteiger partial charge is 0.228 e. The number of ether oxygens (including phenoxy) is 1. The van der Waals surface area contributed by atoms with Gasteiger partial charge in [0.05, 0.1) is 18.0 Å². The van der Waals surface area contributed by atoms with Crippen molar-refractivity contribution in [2.75, 3.05) is 6.61 Å². The van der Waals surface area contributed by atoms with E-state index in [0.29, 0.717) is 17.9 Å². The van der Waals surface area contributed by atoms with Gasteiger partial charge in [0.1, 0.15) is 0 Å². The van der Waals surface area contributed by atoms with Crippen molar-refractivity contribution in [2.45, 2.75) is 6.92 Å². The predicted octanol–water partition coefficient (Wildman–Crippen LogP) is 3.92. The quantitative estimate of drug-likeness (QED) is 0.852. The first-order chi connectivity index (χ1) is 10.3. The maximum Gasteiger partial charge on any atom is 0.228 e. The minimum atomic E-state index is -0.0838. The monoisotopic (exact) mass is 277 g/mol. The lowest BCUT2D eigenvalue weighted by Crippen LogP contribution is -2.19. The minimum absolute atomic E-state index is 0.0838. The summed E-state index contributed by atoms with van der Waals surface area (Å²) < 4.78 is 5.45. The van der Waals surface area contributed by atoms with Crippen LogP contribution in [0.5, 0.6) is 0 Å². The molecule has 0 saturated carbocycles. The molecule has 0 spiro atoms. The number of nitrogens with zero attached hydrogens (tertiary/aromatic N) is 1. The molecule has 2 aromatic rings. The number of benzene rings is 2. The molecule has 3 rings (SSSR count). The number of hydrogen-bond acceptors (Lipinski definition) is 3. The summed E-state index contributed by atoms with van der Waals surface area (Å²) in [4.78, 5) is 17.0. The highest BCUT2D eigenvalue weighted by Gasteiger charge is 2.24. The number of fused-ring (bicyclic) bond motifs is 1. The zero-order valence-electron chi connectivity index (χ0n) is 11.7. The second-order valence-corrected chi connectivity index (χ2v) is 4.65. The van der Waals surface area contributed by atoms with Gasteiger partial charge in [-0.05, 0) is 19.1 Å². The number of allylic oxidation sites excluding steroid dienone is 2. The Labute approximate surface area is 123 Å². The highest BCUT2D eigenvalue weighted by Crippen LogP contribution is 2.24. The van der Waals surface area contributed by atoms with Crippen LogP contribution in [0.15, 0.2) is 71.4 Å². The van der Waals surface area contributed by atoms with Crippen LogP contribution in [0.4, 0.5) is 5.69 Å². The maximum atomic E-state index is 12.4. The van der Waals surface area contributed by atoms with Crippen molar-refractivity contribution in [1.82, 2.24) is 0 Å². The third-order valence-electron chi connectivity index (χ3n) is 3.24. The molecule has 21 heavy (non-hydrogen) atoms. The highest BCUT2D eigenvalue weighted by atomic mass is 16.5. The lowest BCUT2D eigenvalue weighted by atomic mass is 9.93. The van der Waals surface area contributed by atoms with Gasteiger partial charge >= 0.3 is 0 Å². The molecular formula is C18H15NO2. The molecule has 3 heteroatoms. The van der Waals surface area contributed by atoms with Crippen molar-refractivity contribution in [3.63, 3.8) is 0 Å².